The molecule has 0 unspecified atom stereocenters. The van der Waals surface area contributed by atoms with Crippen LogP contribution in [0.1, 0.15) is 28.0 Å². The van der Waals surface area contributed by atoms with Crippen molar-refractivity contribution in [1.29, 1.82) is 0 Å². The molecule has 3 amide bonds. The first-order chi connectivity index (χ1) is 16.1. The first-order valence-electron chi connectivity index (χ1n) is 11.1. The predicted molar refractivity (Wildman–Crippen MR) is 134 cm³/mol. The van der Waals surface area contributed by atoms with E-state index in [-0.39, 0.29) is 11.9 Å². The largest absolute Gasteiger partial charge is 0.351 e. The highest BCUT2D eigenvalue weighted by molar-refractivity contribution is 6.13. The minimum absolute atomic E-state index is 0.165. The second-order valence-corrected chi connectivity index (χ2v) is 8.03. The van der Waals surface area contributed by atoms with E-state index in [0.29, 0.717) is 17.9 Å². The highest BCUT2D eigenvalue weighted by Crippen LogP contribution is 2.36. The molecule has 4 aromatic rings. The fourth-order valence-corrected chi connectivity index (χ4v) is 4.03. The van der Waals surface area contributed by atoms with Crippen LogP contribution in [-0.4, -0.2) is 30.5 Å². The monoisotopic (exact) mass is 440 g/mol. The maximum Gasteiger partial charge on any atom is 0.319 e. The third-order valence-corrected chi connectivity index (χ3v) is 5.59. The molecule has 0 aliphatic rings. The molecule has 3 aromatic carbocycles. The minimum atomic E-state index is -0.315. The Balaban J connectivity index is 1.66. The van der Waals surface area contributed by atoms with Gasteiger partial charge in [0.1, 0.15) is 5.69 Å². The number of amides is 3. The number of benzene rings is 3. The van der Waals surface area contributed by atoms with Crippen molar-refractivity contribution in [3.05, 3.63) is 89.6 Å². The third kappa shape index (κ3) is 5.06. The Morgan fingerprint density at radius 2 is 1.64 bits per heavy atom. The average molecular weight is 441 g/mol. The van der Waals surface area contributed by atoms with E-state index in [4.69, 9.17) is 0 Å². The van der Waals surface area contributed by atoms with Crippen LogP contribution in [0.25, 0.3) is 22.0 Å². The molecule has 0 radical (unpaired) electrons. The number of hydrogen-bond acceptors (Lipinski definition) is 2. The van der Waals surface area contributed by atoms with Gasteiger partial charge < -0.3 is 20.9 Å². The Morgan fingerprint density at radius 1 is 0.939 bits per heavy atom. The first-order valence-corrected chi connectivity index (χ1v) is 11.1. The van der Waals surface area contributed by atoms with E-state index < -0.39 is 0 Å². The number of aromatic nitrogens is 1. The number of aromatic amines is 1. The standard InChI is InChI=1S/C27H28N4O2/c1-18-16-21-23(20-13-7-4-8-14-20)25(31-24(21)22(17-18)30-27(33)28-2)26(32)29-15-9-12-19-10-5-3-6-11-19/h3-8,10-11,13-14,16-17,31H,9,12,15H2,1-2H3,(H,29,32)(H2,28,30,33). The van der Waals surface area contributed by atoms with Crippen molar-refractivity contribution in [2.75, 3.05) is 18.9 Å². The van der Waals surface area contributed by atoms with Gasteiger partial charge in [0.25, 0.3) is 5.91 Å². The van der Waals surface area contributed by atoms with Crippen LogP contribution in [0, 0.1) is 6.92 Å². The Kier molecular flexibility index (Phi) is 6.74. The van der Waals surface area contributed by atoms with Crippen LogP contribution in [0.15, 0.2) is 72.8 Å². The van der Waals surface area contributed by atoms with Crippen LogP contribution in [0.4, 0.5) is 10.5 Å². The Labute approximate surface area is 193 Å². The molecule has 33 heavy (non-hydrogen) atoms. The molecule has 4 rings (SSSR count). The molecular weight excluding hydrogens is 412 g/mol. The van der Waals surface area contributed by atoms with Crippen molar-refractivity contribution < 1.29 is 9.59 Å². The van der Waals surface area contributed by atoms with Crippen molar-refractivity contribution in [3.63, 3.8) is 0 Å². The van der Waals surface area contributed by atoms with Crippen molar-refractivity contribution in [1.82, 2.24) is 15.6 Å². The van der Waals surface area contributed by atoms with E-state index in [1.54, 1.807) is 7.05 Å². The van der Waals surface area contributed by atoms with Crippen molar-refractivity contribution in [3.8, 4) is 11.1 Å². The topological polar surface area (TPSA) is 86.0 Å². The summed E-state index contributed by atoms with van der Waals surface area (Å²) in [6.45, 7) is 2.54. The van der Waals surface area contributed by atoms with Crippen LogP contribution in [0.3, 0.4) is 0 Å². The summed E-state index contributed by atoms with van der Waals surface area (Å²) < 4.78 is 0. The van der Waals surface area contributed by atoms with Gasteiger partial charge in [-0.3, -0.25) is 4.79 Å². The van der Waals surface area contributed by atoms with Gasteiger partial charge in [0.2, 0.25) is 0 Å². The van der Waals surface area contributed by atoms with Gasteiger partial charge in [-0.2, -0.15) is 0 Å². The molecule has 0 atom stereocenters. The highest BCUT2D eigenvalue weighted by atomic mass is 16.2. The Hall–Kier alpha value is -4.06. The number of anilines is 1. The normalized spacial score (nSPS) is 10.7. The van der Waals surface area contributed by atoms with Gasteiger partial charge in [0.15, 0.2) is 0 Å². The minimum Gasteiger partial charge on any atom is -0.351 e. The van der Waals surface area contributed by atoms with Crippen LogP contribution in [0.2, 0.25) is 0 Å². The molecule has 0 bridgehead atoms. The SMILES string of the molecule is CNC(=O)Nc1cc(C)cc2c(-c3ccccc3)c(C(=O)NCCCc3ccccc3)[nH]c12. The molecule has 1 heterocycles. The van der Waals surface area contributed by atoms with Gasteiger partial charge in [0, 0.05) is 24.5 Å². The maximum absolute atomic E-state index is 13.3. The van der Waals surface area contributed by atoms with Gasteiger partial charge in [0.05, 0.1) is 11.2 Å². The summed E-state index contributed by atoms with van der Waals surface area (Å²) in [5.41, 5.74) is 5.84. The maximum atomic E-state index is 13.3. The zero-order chi connectivity index (χ0) is 23.2. The molecule has 6 heteroatoms. The van der Waals surface area contributed by atoms with Gasteiger partial charge in [-0.05, 0) is 48.6 Å². The summed E-state index contributed by atoms with van der Waals surface area (Å²) in [6, 6.07) is 23.7. The lowest BCUT2D eigenvalue weighted by Gasteiger charge is -2.08. The van der Waals surface area contributed by atoms with E-state index in [0.717, 1.165) is 40.4 Å². The highest BCUT2D eigenvalue weighted by Gasteiger charge is 2.21. The molecule has 168 valence electrons. The van der Waals surface area contributed by atoms with Crippen molar-refractivity contribution in [2.24, 2.45) is 0 Å². The summed E-state index contributed by atoms with van der Waals surface area (Å²) in [7, 11) is 1.57. The van der Waals surface area contributed by atoms with E-state index in [1.165, 1.54) is 5.56 Å². The lowest BCUT2D eigenvalue weighted by atomic mass is 10.00. The number of H-pyrrole nitrogens is 1. The van der Waals surface area contributed by atoms with E-state index in [9.17, 15) is 9.59 Å². The Morgan fingerprint density at radius 3 is 2.33 bits per heavy atom. The zero-order valence-electron chi connectivity index (χ0n) is 18.9. The van der Waals surface area contributed by atoms with E-state index >= 15 is 0 Å². The molecule has 1 aromatic heterocycles. The fourth-order valence-electron chi connectivity index (χ4n) is 4.03. The Bertz CT molecular complexity index is 1260. The van der Waals surface area contributed by atoms with Gasteiger partial charge in [-0.1, -0.05) is 60.7 Å². The lowest BCUT2D eigenvalue weighted by molar-refractivity contribution is 0.0949. The van der Waals surface area contributed by atoms with Crippen LogP contribution in [0.5, 0.6) is 0 Å². The molecular formula is C27H28N4O2. The molecule has 4 N–H and O–H groups in total. The third-order valence-electron chi connectivity index (χ3n) is 5.59. The molecule has 0 spiro atoms. The average Bonchev–Trinajstić information content (AvgIpc) is 3.22. The molecule has 0 saturated carbocycles. The number of nitrogens with one attached hydrogen (secondary N) is 4. The number of urea groups is 1. The van der Waals surface area contributed by atoms with E-state index in [1.807, 2.05) is 67.6 Å². The number of carbonyl (C=O) groups excluding carboxylic acids is 2. The number of fused-ring (bicyclic) bond motifs is 1. The predicted octanol–water partition coefficient (Wildman–Crippen LogP) is 5.26. The van der Waals surface area contributed by atoms with Crippen molar-refractivity contribution in [2.45, 2.75) is 19.8 Å². The number of rotatable bonds is 7. The second kappa shape index (κ2) is 10.0. The zero-order valence-corrected chi connectivity index (χ0v) is 18.9. The lowest BCUT2D eigenvalue weighted by Crippen LogP contribution is -2.25. The molecule has 0 aliphatic heterocycles. The molecule has 6 nitrogen and oxygen atoms in total. The van der Waals surface area contributed by atoms with Gasteiger partial charge in [-0.25, -0.2) is 4.79 Å². The molecule has 0 saturated heterocycles. The first kappa shape index (κ1) is 22.1. The number of hydrogen-bond donors (Lipinski definition) is 4. The molecule has 0 fully saturated rings. The van der Waals surface area contributed by atoms with E-state index in [2.05, 4.69) is 33.1 Å². The summed E-state index contributed by atoms with van der Waals surface area (Å²) in [5.74, 6) is -0.165. The van der Waals surface area contributed by atoms with Crippen molar-refractivity contribution >= 4 is 28.5 Å². The quantitative estimate of drug-likeness (QED) is 0.296. The van der Waals surface area contributed by atoms with Crippen LogP contribution >= 0.6 is 0 Å². The summed E-state index contributed by atoms with van der Waals surface area (Å²) in [5, 5.41) is 9.39. The fraction of sp³-hybridized carbons (Fsp3) is 0.185. The molecule has 0 aliphatic carbocycles. The smallest absolute Gasteiger partial charge is 0.319 e. The van der Waals surface area contributed by atoms with Crippen LogP contribution in [-0.2, 0) is 6.42 Å². The van der Waals surface area contributed by atoms with Crippen LogP contribution < -0.4 is 16.0 Å². The number of carbonyl (C=O) groups is 2. The summed E-state index contributed by atoms with van der Waals surface area (Å²) in [4.78, 5) is 28.6. The number of aryl methyl sites for hydroxylation is 2. The summed E-state index contributed by atoms with van der Waals surface area (Å²) in [6.07, 6.45) is 1.75. The summed E-state index contributed by atoms with van der Waals surface area (Å²) >= 11 is 0. The second-order valence-electron chi connectivity index (χ2n) is 8.03. The van der Waals surface area contributed by atoms with Gasteiger partial charge >= 0.3 is 6.03 Å². The van der Waals surface area contributed by atoms with Gasteiger partial charge in [-0.15, -0.1) is 0 Å².